The predicted molar refractivity (Wildman–Crippen MR) is 94.3 cm³/mol. The van der Waals surface area contributed by atoms with Crippen LogP contribution in [-0.4, -0.2) is 33.5 Å². The summed E-state index contributed by atoms with van der Waals surface area (Å²) in [5.41, 5.74) is 0.396. The smallest absolute Gasteiger partial charge is 0.342 e. The molecule has 0 saturated carbocycles. The van der Waals surface area contributed by atoms with Crippen molar-refractivity contribution < 1.29 is 27.5 Å². The Morgan fingerprint density at radius 2 is 1.77 bits per heavy atom. The molecule has 0 bridgehead atoms. The molecule has 0 aliphatic rings. The van der Waals surface area contributed by atoms with Crippen molar-refractivity contribution in [2.24, 2.45) is 5.14 Å². The summed E-state index contributed by atoms with van der Waals surface area (Å²) in [5, 5.41) is 7.67. The Balaban J connectivity index is 2.17. The monoisotopic (exact) mass is 378 g/mol. The predicted octanol–water partition coefficient (Wildman–Crippen LogP) is 1.53. The number of anilines is 1. The van der Waals surface area contributed by atoms with E-state index in [-0.39, 0.29) is 16.2 Å². The number of primary sulfonamides is 1. The first-order chi connectivity index (χ1) is 12.2. The van der Waals surface area contributed by atoms with E-state index in [0.717, 1.165) is 6.07 Å². The number of ether oxygens (including phenoxy) is 2. The van der Waals surface area contributed by atoms with E-state index in [4.69, 9.17) is 14.6 Å². The Morgan fingerprint density at radius 3 is 2.35 bits per heavy atom. The minimum absolute atomic E-state index is 0.0954. The normalized spacial score (nSPS) is 12.1. The Morgan fingerprint density at radius 1 is 1.12 bits per heavy atom. The number of amides is 1. The molecule has 0 aliphatic carbocycles. The molecule has 1 atom stereocenters. The zero-order chi connectivity index (χ0) is 19.3. The Kier molecular flexibility index (Phi) is 5.96. The van der Waals surface area contributed by atoms with Crippen LogP contribution in [0.2, 0.25) is 0 Å². The summed E-state index contributed by atoms with van der Waals surface area (Å²) in [5.74, 6) is -1.35. The molecule has 0 saturated heterocycles. The highest BCUT2D eigenvalue weighted by Crippen LogP contribution is 2.23. The van der Waals surface area contributed by atoms with Crippen LogP contribution in [0.25, 0.3) is 0 Å². The summed E-state index contributed by atoms with van der Waals surface area (Å²) in [6.07, 6.45) is -1.12. The van der Waals surface area contributed by atoms with E-state index in [2.05, 4.69) is 5.32 Å². The van der Waals surface area contributed by atoms with E-state index in [9.17, 15) is 18.0 Å². The third-order valence-electron chi connectivity index (χ3n) is 3.41. The third kappa shape index (κ3) is 4.80. The van der Waals surface area contributed by atoms with Crippen molar-refractivity contribution in [1.29, 1.82) is 0 Å². The van der Waals surface area contributed by atoms with Crippen molar-refractivity contribution in [3.63, 3.8) is 0 Å². The molecule has 0 spiro atoms. The van der Waals surface area contributed by atoms with Gasteiger partial charge in [-0.05, 0) is 37.3 Å². The van der Waals surface area contributed by atoms with Gasteiger partial charge in [0.25, 0.3) is 5.91 Å². The van der Waals surface area contributed by atoms with Gasteiger partial charge in [-0.2, -0.15) is 0 Å². The lowest BCUT2D eigenvalue weighted by atomic mass is 10.2. The van der Waals surface area contributed by atoms with Gasteiger partial charge in [-0.15, -0.1) is 0 Å². The third-order valence-corrected chi connectivity index (χ3v) is 4.32. The maximum Gasteiger partial charge on any atom is 0.342 e. The van der Waals surface area contributed by atoms with Gasteiger partial charge in [-0.3, -0.25) is 4.79 Å². The Bertz CT molecular complexity index is 912. The summed E-state index contributed by atoms with van der Waals surface area (Å²) in [7, 11) is -2.70. The highest BCUT2D eigenvalue weighted by atomic mass is 32.2. The molecule has 2 aromatic rings. The standard InChI is InChI=1S/C17H18N2O6S/c1-11(16(20)19-12-6-4-3-5-7-12)25-17(21)14-10-13(26(18,22)23)8-9-15(14)24-2/h3-11H,1-2H3,(H,19,20)(H2,18,22,23)/t11-/m1/s1. The zero-order valence-electron chi connectivity index (χ0n) is 14.1. The molecule has 2 aromatic carbocycles. The van der Waals surface area contributed by atoms with Crippen LogP contribution in [0.5, 0.6) is 5.75 Å². The SMILES string of the molecule is COc1ccc(S(N)(=O)=O)cc1C(=O)O[C@H](C)C(=O)Nc1ccccc1. The number of esters is 1. The number of rotatable bonds is 6. The van der Waals surface area contributed by atoms with Crippen molar-refractivity contribution in [3.05, 3.63) is 54.1 Å². The van der Waals surface area contributed by atoms with Gasteiger partial charge in [0.2, 0.25) is 10.0 Å². The first-order valence-electron chi connectivity index (χ1n) is 7.50. The second-order valence-corrected chi connectivity index (χ2v) is 6.87. The number of hydrogen-bond acceptors (Lipinski definition) is 6. The molecule has 0 aliphatic heterocycles. The summed E-state index contributed by atoms with van der Waals surface area (Å²) in [6, 6.07) is 12.2. The minimum Gasteiger partial charge on any atom is -0.496 e. The van der Waals surface area contributed by atoms with E-state index < -0.39 is 28.0 Å². The first-order valence-corrected chi connectivity index (χ1v) is 9.04. The number of hydrogen-bond donors (Lipinski definition) is 2. The molecule has 0 heterocycles. The van der Waals surface area contributed by atoms with Gasteiger partial charge in [-0.25, -0.2) is 18.4 Å². The van der Waals surface area contributed by atoms with Crippen molar-refractivity contribution in [1.82, 2.24) is 0 Å². The van der Waals surface area contributed by atoms with Gasteiger partial charge in [0, 0.05) is 5.69 Å². The van der Waals surface area contributed by atoms with Crippen LogP contribution in [0.4, 0.5) is 5.69 Å². The fourth-order valence-corrected chi connectivity index (χ4v) is 2.61. The lowest BCUT2D eigenvalue weighted by Gasteiger charge is -2.15. The number of methoxy groups -OCH3 is 1. The van der Waals surface area contributed by atoms with Gasteiger partial charge in [-0.1, -0.05) is 18.2 Å². The van der Waals surface area contributed by atoms with Crippen molar-refractivity contribution in [2.45, 2.75) is 17.9 Å². The molecular weight excluding hydrogens is 360 g/mol. The number of nitrogens with one attached hydrogen (secondary N) is 1. The Labute approximate surface area is 151 Å². The lowest BCUT2D eigenvalue weighted by Crippen LogP contribution is -2.30. The topological polar surface area (TPSA) is 125 Å². The second-order valence-electron chi connectivity index (χ2n) is 5.31. The number of para-hydroxylation sites is 1. The van der Waals surface area contributed by atoms with Gasteiger partial charge >= 0.3 is 5.97 Å². The molecule has 1 amide bonds. The van der Waals surface area contributed by atoms with E-state index >= 15 is 0 Å². The number of benzene rings is 2. The van der Waals surface area contributed by atoms with Crippen LogP contribution in [-0.2, 0) is 19.6 Å². The van der Waals surface area contributed by atoms with Crippen LogP contribution in [0.1, 0.15) is 17.3 Å². The molecule has 0 unspecified atom stereocenters. The fourth-order valence-electron chi connectivity index (χ4n) is 2.07. The number of nitrogens with two attached hydrogens (primary N) is 1. The van der Waals surface area contributed by atoms with Crippen molar-refractivity contribution in [3.8, 4) is 5.75 Å². The van der Waals surface area contributed by atoms with Crippen LogP contribution >= 0.6 is 0 Å². The lowest BCUT2D eigenvalue weighted by molar-refractivity contribution is -0.123. The molecule has 138 valence electrons. The van der Waals surface area contributed by atoms with Crippen molar-refractivity contribution >= 4 is 27.6 Å². The largest absolute Gasteiger partial charge is 0.496 e. The molecule has 8 nitrogen and oxygen atoms in total. The Hall–Kier alpha value is -2.91. The summed E-state index contributed by atoms with van der Waals surface area (Å²) in [4.78, 5) is 24.2. The zero-order valence-corrected chi connectivity index (χ0v) is 14.9. The molecule has 0 radical (unpaired) electrons. The second kappa shape index (κ2) is 7.98. The van der Waals surface area contributed by atoms with Crippen LogP contribution in [0.3, 0.4) is 0 Å². The van der Waals surface area contributed by atoms with E-state index in [1.807, 2.05) is 0 Å². The molecule has 26 heavy (non-hydrogen) atoms. The van der Waals surface area contributed by atoms with Crippen LogP contribution < -0.4 is 15.2 Å². The fraction of sp³-hybridized carbons (Fsp3) is 0.176. The van der Waals surface area contributed by atoms with Gasteiger partial charge in [0.15, 0.2) is 6.10 Å². The summed E-state index contributed by atoms with van der Waals surface area (Å²) < 4.78 is 33.1. The average molecular weight is 378 g/mol. The quantitative estimate of drug-likeness (QED) is 0.735. The maximum absolute atomic E-state index is 12.4. The van der Waals surface area contributed by atoms with E-state index in [1.165, 1.54) is 26.2 Å². The first kappa shape index (κ1) is 19.4. The highest BCUT2D eigenvalue weighted by Gasteiger charge is 2.23. The van der Waals surface area contributed by atoms with Crippen molar-refractivity contribution in [2.75, 3.05) is 12.4 Å². The molecular formula is C17H18N2O6S. The van der Waals surface area contributed by atoms with Gasteiger partial charge in [0.05, 0.1) is 12.0 Å². The maximum atomic E-state index is 12.4. The van der Waals surface area contributed by atoms with E-state index in [1.54, 1.807) is 30.3 Å². The van der Waals surface area contributed by atoms with Crippen LogP contribution in [0.15, 0.2) is 53.4 Å². The molecule has 9 heteroatoms. The van der Waals surface area contributed by atoms with Crippen LogP contribution in [0, 0.1) is 0 Å². The molecule has 2 rings (SSSR count). The molecule has 0 fully saturated rings. The summed E-state index contributed by atoms with van der Waals surface area (Å²) in [6.45, 7) is 1.40. The minimum atomic E-state index is -4.01. The molecule has 0 aromatic heterocycles. The average Bonchev–Trinajstić information content (AvgIpc) is 2.61. The van der Waals surface area contributed by atoms with E-state index in [0.29, 0.717) is 5.69 Å². The number of sulfonamides is 1. The van der Waals surface area contributed by atoms with Gasteiger partial charge in [0.1, 0.15) is 11.3 Å². The number of carbonyl (C=O) groups is 2. The number of carbonyl (C=O) groups excluding carboxylic acids is 2. The molecule has 3 N–H and O–H groups in total. The van der Waals surface area contributed by atoms with Gasteiger partial charge < -0.3 is 14.8 Å². The highest BCUT2D eigenvalue weighted by molar-refractivity contribution is 7.89. The summed E-state index contributed by atoms with van der Waals surface area (Å²) >= 11 is 0.